The average molecular weight is 320 g/mol. The van der Waals surface area contributed by atoms with Crippen molar-refractivity contribution >= 4 is 39.1 Å². The van der Waals surface area contributed by atoms with Crippen molar-refractivity contribution in [2.24, 2.45) is 11.7 Å². The van der Waals surface area contributed by atoms with Gasteiger partial charge in [0.2, 0.25) is 5.91 Å². The molecule has 1 aromatic carbocycles. The summed E-state index contributed by atoms with van der Waals surface area (Å²) in [6, 6.07) is 5.09. The Hall–Kier alpha value is -0.580. The average Bonchev–Trinajstić information content (AvgIpc) is 2.22. The Labute approximate surface area is 115 Å². The number of nitrogens with one attached hydrogen (secondary N) is 1. The van der Waals surface area contributed by atoms with Crippen molar-refractivity contribution in [1.29, 1.82) is 0 Å². The highest BCUT2D eigenvalue weighted by Gasteiger charge is 2.13. The number of anilines is 1. The van der Waals surface area contributed by atoms with Crippen LogP contribution in [0.2, 0.25) is 5.02 Å². The summed E-state index contributed by atoms with van der Waals surface area (Å²) in [6.07, 6.45) is 0.312. The van der Waals surface area contributed by atoms with E-state index in [9.17, 15) is 4.79 Å². The lowest BCUT2D eigenvalue weighted by Crippen LogP contribution is -2.31. The summed E-state index contributed by atoms with van der Waals surface area (Å²) in [5, 5.41) is 3.42. The van der Waals surface area contributed by atoms with E-state index >= 15 is 0 Å². The van der Waals surface area contributed by atoms with Gasteiger partial charge in [0.25, 0.3) is 0 Å². The van der Waals surface area contributed by atoms with E-state index in [4.69, 9.17) is 17.3 Å². The van der Waals surface area contributed by atoms with Crippen molar-refractivity contribution in [3.63, 3.8) is 0 Å². The standard InChI is InChI=1S/C12H16BrClN2O/c1-7(2)10(15)6-12(17)16-11-4-3-8(14)5-9(11)13/h3-5,7,10H,6,15H2,1-2H3,(H,16,17). The summed E-state index contributed by atoms with van der Waals surface area (Å²) in [5.74, 6) is 0.198. The summed E-state index contributed by atoms with van der Waals surface area (Å²) in [6.45, 7) is 3.99. The van der Waals surface area contributed by atoms with E-state index < -0.39 is 0 Å². The van der Waals surface area contributed by atoms with Crippen molar-refractivity contribution in [3.05, 3.63) is 27.7 Å². The van der Waals surface area contributed by atoms with Crippen LogP contribution in [0.3, 0.4) is 0 Å². The summed E-state index contributed by atoms with van der Waals surface area (Å²) in [7, 11) is 0. The molecule has 0 aliphatic carbocycles. The van der Waals surface area contributed by atoms with Crippen LogP contribution in [-0.2, 0) is 4.79 Å². The first-order valence-corrected chi connectivity index (χ1v) is 6.57. The van der Waals surface area contributed by atoms with Gasteiger partial charge in [-0.2, -0.15) is 0 Å². The molecule has 0 bridgehead atoms. The smallest absolute Gasteiger partial charge is 0.225 e. The van der Waals surface area contributed by atoms with Gasteiger partial charge in [-0.3, -0.25) is 4.79 Å². The third-order valence-electron chi connectivity index (χ3n) is 2.48. The molecule has 0 aromatic heterocycles. The van der Waals surface area contributed by atoms with Crippen LogP contribution in [0.25, 0.3) is 0 Å². The second-order valence-electron chi connectivity index (χ2n) is 4.28. The fourth-order valence-electron chi connectivity index (χ4n) is 1.24. The third-order valence-corrected chi connectivity index (χ3v) is 3.37. The van der Waals surface area contributed by atoms with Crippen molar-refractivity contribution in [3.8, 4) is 0 Å². The topological polar surface area (TPSA) is 55.1 Å². The minimum atomic E-state index is -0.124. The molecule has 3 nitrogen and oxygen atoms in total. The number of halogens is 2. The number of hydrogen-bond acceptors (Lipinski definition) is 2. The predicted molar refractivity (Wildman–Crippen MR) is 75.2 cm³/mol. The first-order chi connectivity index (χ1) is 7.90. The molecule has 5 heteroatoms. The van der Waals surface area contributed by atoms with E-state index in [0.29, 0.717) is 17.1 Å². The molecule has 3 N–H and O–H groups in total. The van der Waals surface area contributed by atoms with Crippen LogP contribution in [0.1, 0.15) is 20.3 Å². The largest absolute Gasteiger partial charge is 0.327 e. The number of carbonyl (C=O) groups is 1. The predicted octanol–water partition coefficient (Wildman–Crippen LogP) is 3.41. The summed E-state index contributed by atoms with van der Waals surface area (Å²) in [5.41, 5.74) is 6.54. The van der Waals surface area contributed by atoms with Gasteiger partial charge >= 0.3 is 0 Å². The maximum Gasteiger partial charge on any atom is 0.225 e. The van der Waals surface area contributed by atoms with Crippen molar-refractivity contribution in [1.82, 2.24) is 0 Å². The van der Waals surface area contributed by atoms with Crippen LogP contribution in [0.4, 0.5) is 5.69 Å². The highest BCUT2D eigenvalue weighted by atomic mass is 79.9. The van der Waals surface area contributed by atoms with E-state index in [1.807, 2.05) is 13.8 Å². The van der Waals surface area contributed by atoms with Gasteiger partial charge in [0.15, 0.2) is 0 Å². The van der Waals surface area contributed by atoms with Crippen LogP contribution < -0.4 is 11.1 Å². The number of nitrogens with two attached hydrogens (primary N) is 1. The lowest BCUT2D eigenvalue weighted by atomic mass is 10.0. The van der Waals surface area contributed by atoms with E-state index in [1.165, 1.54) is 0 Å². The number of amides is 1. The Morgan fingerprint density at radius 2 is 2.18 bits per heavy atom. The molecule has 0 aliphatic heterocycles. The molecule has 1 rings (SSSR count). The number of benzene rings is 1. The van der Waals surface area contributed by atoms with Gasteiger partial charge in [0, 0.05) is 22.0 Å². The first kappa shape index (κ1) is 14.5. The highest BCUT2D eigenvalue weighted by molar-refractivity contribution is 9.10. The molecule has 0 fully saturated rings. The molecular weight excluding hydrogens is 304 g/mol. The maximum atomic E-state index is 11.7. The molecule has 1 unspecified atom stereocenters. The van der Waals surface area contributed by atoms with Crippen molar-refractivity contribution in [2.45, 2.75) is 26.3 Å². The second-order valence-corrected chi connectivity index (χ2v) is 5.58. The fourth-order valence-corrected chi connectivity index (χ4v) is 2.02. The molecule has 1 aromatic rings. The SMILES string of the molecule is CC(C)C(N)CC(=O)Nc1ccc(Cl)cc1Br. The van der Waals surface area contributed by atoms with Crippen molar-refractivity contribution in [2.75, 3.05) is 5.32 Å². The highest BCUT2D eigenvalue weighted by Crippen LogP contribution is 2.26. The number of carbonyl (C=O) groups excluding carboxylic acids is 1. The molecule has 1 amide bonds. The van der Waals surface area contributed by atoms with Gasteiger partial charge in [-0.1, -0.05) is 25.4 Å². The zero-order valence-electron chi connectivity index (χ0n) is 9.84. The Balaban J connectivity index is 2.62. The van der Waals surface area contributed by atoms with Crippen molar-refractivity contribution < 1.29 is 4.79 Å². The monoisotopic (exact) mass is 318 g/mol. The Morgan fingerprint density at radius 3 is 2.71 bits per heavy atom. The van der Waals surface area contributed by atoms with Gasteiger partial charge in [-0.05, 0) is 40.0 Å². The maximum absolute atomic E-state index is 11.7. The normalized spacial score (nSPS) is 12.6. The number of hydrogen-bond donors (Lipinski definition) is 2. The van der Waals surface area contributed by atoms with Crippen LogP contribution in [0.15, 0.2) is 22.7 Å². The summed E-state index contributed by atoms with van der Waals surface area (Å²) >= 11 is 9.16. The van der Waals surface area contributed by atoms with Gasteiger partial charge in [-0.25, -0.2) is 0 Å². The minimum absolute atomic E-state index is 0.0887. The quantitative estimate of drug-likeness (QED) is 0.893. The molecule has 0 aliphatic rings. The lowest BCUT2D eigenvalue weighted by Gasteiger charge is -2.15. The van der Waals surface area contributed by atoms with E-state index in [2.05, 4.69) is 21.2 Å². The van der Waals surface area contributed by atoms with E-state index in [1.54, 1.807) is 18.2 Å². The second kappa shape index (κ2) is 6.38. The summed E-state index contributed by atoms with van der Waals surface area (Å²) < 4.78 is 0.761. The fraction of sp³-hybridized carbons (Fsp3) is 0.417. The molecule has 0 saturated heterocycles. The zero-order chi connectivity index (χ0) is 13.0. The van der Waals surface area contributed by atoms with Crippen LogP contribution in [0.5, 0.6) is 0 Å². The van der Waals surface area contributed by atoms with Crippen LogP contribution in [0, 0.1) is 5.92 Å². The van der Waals surface area contributed by atoms with E-state index in [0.717, 1.165) is 4.47 Å². The van der Waals surface area contributed by atoms with E-state index in [-0.39, 0.29) is 17.9 Å². The van der Waals surface area contributed by atoms with Gasteiger partial charge in [-0.15, -0.1) is 0 Å². The lowest BCUT2D eigenvalue weighted by molar-refractivity contribution is -0.116. The Morgan fingerprint density at radius 1 is 1.53 bits per heavy atom. The molecule has 0 saturated carbocycles. The molecule has 0 spiro atoms. The molecular formula is C12H16BrClN2O. The Kier molecular flexibility index (Phi) is 5.43. The molecule has 0 heterocycles. The summed E-state index contributed by atoms with van der Waals surface area (Å²) in [4.78, 5) is 11.7. The van der Waals surface area contributed by atoms with Gasteiger partial charge in [0.05, 0.1) is 5.69 Å². The molecule has 17 heavy (non-hydrogen) atoms. The molecule has 0 radical (unpaired) electrons. The first-order valence-electron chi connectivity index (χ1n) is 5.40. The number of rotatable bonds is 4. The minimum Gasteiger partial charge on any atom is -0.327 e. The van der Waals surface area contributed by atoms with Crippen LogP contribution in [-0.4, -0.2) is 11.9 Å². The zero-order valence-corrected chi connectivity index (χ0v) is 12.2. The third kappa shape index (κ3) is 4.66. The molecule has 94 valence electrons. The van der Waals surface area contributed by atoms with Gasteiger partial charge < -0.3 is 11.1 Å². The Bertz CT molecular complexity index is 409. The van der Waals surface area contributed by atoms with Crippen LogP contribution >= 0.6 is 27.5 Å². The molecule has 1 atom stereocenters. The van der Waals surface area contributed by atoms with Gasteiger partial charge in [0.1, 0.15) is 0 Å².